The van der Waals surface area contributed by atoms with E-state index in [0.717, 1.165) is 12.1 Å². The molecule has 106 valence electrons. The molecule has 0 saturated carbocycles. The van der Waals surface area contributed by atoms with E-state index < -0.39 is 17.8 Å². The highest BCUT2D eigenvalue weighted by molar-refractivity contribution is 6.34. The maximum Gasteiger partial charge on any atom is 0.416 e. The smallest absolute Gasteiger partial charge is 0.319 e. The molecule has 0 radical (unpaired) electrons. The largest absolute Gasteiger partial charge is 0.416 e. The first-order valence-electron chi connectivity index (χ1n) is 5.52. The number of hydrogen-bond acceptors (Lipinski definition) is 2. The van der Waals surface area contributed by atoms with Crippen molar-refractivity contribution in [2.75, 3.05) is 0 Å². The predicted octanol–water partition coefficient (Wildman–Crippen LogP) is 4.46. The summed E-state index contributed by atoms with van der Waals surface area (Å²) >= 11 is 11.7. The van der Waals surface area contributed by atoms with Crippen LogP contribution in [0.2, 0.25) is 10.0 Å². The van der Waals surface area contributed by atoms with Crippen molar-refractivity contribution in [1.29, 1.82) is 0 Å². The van der Waals surface area contributed by atoms with E-state index in [4.69, 9.17) is 28.9 Å². The topological polar surface area (TPSA) is 38.9 Å². The van der Waals surface area contributed by atoms with Gasteiger partial charge in [0.05, 0.1) is 27.3 Å². The Morgan fingerprint density at radius 3 is 2.45 bits per heavy atom. The molecule has 2 N–H and O–H groups in total. The fourth-order valence-electron chi connectivity index (χ4n) is 1.72. The van der Waals surface area contributed by atoms with E-state index in [1.807, 2.05) is 0 Å². The van der Waals surface area contributed by atoms with Gasteiger partial charge in [-0.2, -0.15) is 13.2 Å². The van der Waals surface area contributed by atoms with E-state index in [-0.39, 0.29) is 16.3 Å². The summed E-state index contributed by atoms with van der Waals surface area (Å²) in [6, 6.07) is 5.33. The Balaban J connectivity index is 2.41. The van der Waals surface area contributed by atoms with Crippen molar-refractivity contribution < 1.29 is 13.2 Å². The summed E-state index contributed by atoms with van der Waals surface area (Å²) < 4.78 is 38.0. The van der Waals surface area contributed by atoms with Crippen LogP contribution in [0.15, 0.2) is 36.5 Å². The minimum Gasteiger partial charge on any atom is -0.319 e. The number of aromatic nitrogens is 1. The summed E-state index contributed by atoms with van der Waals surface area (Å²) in [5.41, 5.74) is 5.70. The van der Waals surface area contributed by atoms with Gasteiger partial charge in [0.2, 0.25) is 0 Å². The first-order valence-corrected chi connectivity index (χ1v) is 6.28. The van der Waals surface area contributed by atoms with E-state index >= 15 is 0 Å². The number of alkyl halides is 3. The van der Waals surface area contributed by atoms with Gasteiger partial charge in [-0.25, -0.2) is 0 Å². The van der Waals surface area contributed by atoms with E-state index in [1.165, 1.54) is 24.4 Å². The average Bonchev–Trinajstić information content (AvgIpc) is 2.37. The Labute approximate surface area is 123 Å². The van der Waals surface area contributed by atoms with Gasteiger partial charge in [0.1, 0.15) is 0 Å². The van der Waals surface area contributed by atoms with Crippen LogP contribution < -0.4 is 5.73 Å². The Morgan fingerprint density at radius 2 is 1.85 bits per heavy atom. The molecular weight excluding hydrogens is 312 g/mol. The third-order valence-corrected chi connectivity index (χ3v) is 3.21. The van der Waals surface area contributed by atoms with Crippen molar-refractivity contribution >= 4 is 23.2 Å². The van der Waals surface area contributed by atoms with Gasteiger partial charge in [-0.3, -0.25) is 4.98 Å². The number of rotatable bonds is 2. The lowest BCUT2D eigenvalue weighted by Gasteiger charge is -2.15. The van der Waals surface area contributed by atoms with Gasteiger partial charge in [0.15, 0.2) is 0 Å². The summed E-state index contributed by atoms with van der Waals surface area (Å²) in [5, 5.41) is 0.539. The highest BCUT2D eigenvalue weighted by Gasteiger charge is 2.31. The van der Waals surface area contributed by atoms with Gasteiger partial charge in [-0.15, -0.1) is 0 Å². The number of nitrogens with two attached hydrogens (primary N) is 1. The van der Waals surface area contributed by atoms with Gasteiger partial charge in [0.25, 0.3) is 0 Å². The van der Waals surface area contributed by atoms with Crippen LogP contribution in [0, 0.1) is 0 Å². The number of halogens is 5. The molecule has 1 aromatic carbocycles. The molecule has 0 saturated heterocycles. The first kappa shape index (κ1) is 15.1. The second-order valence-electron chi connectivity index (χ2n) is 4.12. The van der Waals surface area contributed by atoms with Gasteiger partial charge < -0.3 is 5.73 Å². The summed E-state index contributed by atoms with van der Waals surface area (Å²) in [6.45, 7) is 0. The monoisotopic (exact) mass is 320 g/mol. The zero-order valence-corrected chi connectivity index (χ0v) is 11.5. The molecule has 0 fully saturated rings. The van der Waals surface area contributed by atoms with Crippen LogP contribution in [-0.2, 0) is 6.18 Å². The predicted molar refractivity (Wildman–Crippen MR) is 71.7 cm³/mol. The summed E-state index contributed by atoms with van der Waals surface area (Å²) in [5.74, 6) is 0. The number of nitrogens with zero attached hydrogens (tertiary/aromatic N) is 1. The molecule has 0 amide bonds. The minimum absolute atomic E-state index is 0.211. The maximum absolute atomic E-state index is 12.7. The molecule has 0 spiro atoms. The zero-order chi connectivity index (χ0) is 14.9. The standard InChI is InChI=1S/C13H9Cl2F3N2/c14-9-5-10(15)12(20-6-9)11(19)7-2-1-3-8(4-7)13(16,17)18/h1-6,11H,19H2. The molecule has 0 aliphatic rings. The van der Waals surface area contributed by atoms with Crippen molar-refractivity contribution in [3.8, 4) is 0 Å². The second-order valence-corrected chi connectivity index (χ2v) is 4.97. The van der Waals surface area contributed by atoms with E-state index in [2.05, 4.69) is 4.98 Å². The second kappa shape index (κ2) is 5.60. The fraction of sp³-hybridized carbons (Fsp3) is 0.154. The van der Waals surface area contributed by atoms with Gasteiger partial charge >= 0.3 is 6.18 Å². The molecule has 0 bridgehead atoms. The maximum atomic E-state index is 12.7. The van der Waals surface area contributed by atoms with E-state index in [0.29, 0.717) is 5.02 Å². The summed E-state index contributed by atoms with van der Waals surface area (Å²) in [6.07, 6.45) is -3.08. The number of hydrogen-bond donors (Lipinski definition) is 1. The molecule has 7 heteroatoms. The van der Waals surface area contributed by atoms with Crippen LogP contribution >= 0.6 is 23.2 Å². The first-order chi connectivity index (χ1) is 9.29. The lowest BCUT2D eigenvalue weighted by atomic mass is 10.0. The Morgan fingerprint density at radius 1 is 1.15 bits per heavy atom. The van der Waals surface area contributed by atoms with Crippen molar-refractivity contribution in [3.63, 3.8) is 0 Å². The molecule has 2 aromatic rings. The quantitative estimate of drug-likeness (QED) is 0.887. The van der Waals surface area contributed by atoms with Gasteiger partial charge in [-0.1, -0.05) is 35.3 Å². The van der Waals surface area contributed by atoms with Crippen LogP contribution in [0.4, 0.5) is 13.2 Å². The highest BCUT2D eigenvalue weighted by atomic mass is 35.5. The number of benzene rings is 1. The van der Waals surface area contributed by atoms with Crippen molar-refractivity contribution in [1.82, 2.24) is 4.98 Å². The highest BCUT2D eigenvalue weighted by Crippen LogP contribution is 2.32. The fourth-order valence-corrected chi connectivity index (χ4v) is 2.22. The normalized spacial score (nSPS) is 13.3. The van der Waals surface area contributed by atoms with Crippen LogP contribution in [0.5, 0.6) is 0 Å². The SMILES string of the molecule is NC(c1cccc(C(F)(F)F)c1)c1ncc(Cl)cc1Cl. The van der Waals surface area contributed by atoms with Gasteiger partial charge in [-0.05, 0) is 23.8 Å². The van der Waals surface area contributed by atoms with Crippen molar-refractivity contribution in [3.05, 3.63) is 63.4 Å². The molecule has 2 nitrogen and oxygen atoms in total. The zero-order valence-electron chi connectivity index (χ0n) is 9.96. The average molecular weight is 321 g/mol. The Kier molecular flexibility index (Phi) is 4.22. The Bertz CT molecular complexity index is 629. The molecular formula is C13H9Cl2F3N2. The number of pyridine rings is 1. The molecule has 0 aliphatic heterocycles. The van der Waals surface area contributed by atoms with E-state index in [1.54, 1.807) is 0 Å². The summed E-state index contributed by atoms with van der Waals surface area (Å²) in [7, 11) is 0. The lowest BCUT2D eigenvalue weighted by Crippen LogP contribution is -2.15. The molecule has 2 rings (SSSR count). The van der Waals surface area contributed by atoms with Crippen LogP contribution in [0.1, 0.15) is 22.9 Å². The third kappa shape index (κ3) is 3.23. The van der Waals surface area contributed by atoms with Crippen LogP contribution in [0.25, 0.3) is 0 Å². The van der Waals surface area contributed by atoms with Crippen LogP contribution in [0.3, 0.4) is 0 Å². The third-order valence-electron chi connectivity index (χ3n) is 2.70. The molecule has 20 heavy (non-hydrogen) atoms. The molecule has 0 aliphatic carbocycles. The molecule has 1 aromatic heterocycles. The summed E-state index contributed by atoms with van der Waals surface area (Å²) in [4.78, 5) is 3.98. The Hall–Kier alpha value is -1.30. The molecule has 1 atom stereocenters. The van der Waals surface area contributed by atoms with E-state index in [9.17, 15) is 13.2 Å². The lowest BCUT2D eigenvalue weighted by molar-refractivity contribution is -0.137. The minimum atomic E-state index is -4.42. The van der Waals surface area contributed by atoms with Crippen molar-refractivity contribution in [2.45, 2.75) is 12.2 Å². The molecule has 1 heterocycles. The van der Waals surface area contributed by atoms with Crippen molar-refractivity contribution in [2.24, 2.45) is 5.73 Å². The molecule has 1 unspecified atom stereocenters. The van der Waals surface area contributed by atoms with Crippen LogP contribution in [-0.4, -0.2) is 4.98 Å². The van der Waals surface area contributed by atoms with Gasteiger partial charge in [0, 0.05) is 6.20 Å².